The van der Waals surface area contributed by atoms with Gasteiger partial charge in [0.15, 0.2) is 0 Å². The van der Waals surface area contributed by atoms with Crippen LogP contribution >= 0.6 is 0 Å². The first kappa shape index (κ1) is 17.8. The molecule has 1 atom stereocenters. The summed E-state index contributed by atoms with van der Waals surface area (Å²) in [7, 11) is 0. The first-order valence-electron chi connectivity index (χ1n) is 10.0. The maximum Gasteiger partial charge on any atom is 0.319 e. The number of aromatic nitrogens is 6. The van der Waals surface area contributed by atoms with Gasteiger partial charge in [0, 0.05) is 30.4 Å². The number of halogens is 1. The number of pyridine rings is 1. The zero-order chi connectivity index (χ0) is 20.9. The third kappa shape index (κ3) is 2.89. The van der Waals surface area contributed by atoms with E-state index in [1.165, 1.54) is 12.1 Å². The number of anilines is 1. The summed E-state index contributed by atoms with van der Waals surface area (Å²) in [5, 5.41) is 13.3. The molecule has 8 nitrogen and oxygen atoms in total. The number of hydrogen-bond acceptors (Lipinski definition) is 6. The Hall–Kier alpha value is -4.01. The molecule has 0 spiro atoms. The van der Waals surface area contributed by atoms with Gasteiger partial charge in [-0.3, -0.25) is 0 Å². The van der Waals surface area contributed by atoms with Gasteiger partial charge in [-0.1, -0.05) is 11.2 Å². The molecule has 1 aliphatic heterocycles. The van der Waals surface area contributed by atoms with Crippen molar-refractivity contribution in [3.63, 3.8) is 0 Å². The second-order valence-corrected chi connectivity index (χ2v) is 7.60. The average molecular weight is 415 g/mol. The number of nitrogens with zero attached hydrogens (tertiary/aromatic N) is 6. The molecule has 31 heavy (non-hydrogen) atoms. The van der Waals surface area contributed by atoms with Gasteiger partial charge in [-0.15, -0.1) is 5.10 Å². The summed E-state index contributed by atoms with van der Waals surface area (Å²) in [6, 6.07) is 12.2. The second kappa shape index (κ2) is 6.76. The number of rotatable bonds is 3. The Morgan fingerprint density at radius 1 is 1.16 bits per heavy atom. The molecule has 4 aromatic heterocycles. The number of nitrogens with one attached hydrogen (secondary N) is 1. The molecule has 0 fully saturated rings. The summed E-state index contributed by atoms with van der Waals surface area (Å²) in [4.78, 5) is 9.84. The van der Waals surface area contributed by atoms with Crippen molar-refractivity contribution in [1.29, 1.82) is 0 Å². The Labute approximate surface area is 176 Å². The number of benzene rings is 1. The highest BCUT2D eigenvalue weighted by molar-refractivity contribution is 5.58. The number of aromatic amines is 1. The number of aryl methyl sites for hydroxylation is 1. The largest absolute Gasteiger partial charge is 0.403 e. The van der Waals surface area contributed by atoms with Crippen LogP contribution in [0, 0.1) is 12.7 Å². The molecule has 5 heterocycles. The topological polar surface area (TPSA) is 88.1 Å². The molecular weight excluding hydrogens is 397 g/mol. The highest BCUT2D eigenvalue weighted by Crippen LogP contribution is 2.37. The van der Waals surface area contributed by atoms with Crippen molar-refractivity contribution < 1.29 is 8.81 Å². The monoisotopic (exact) mass is 415 g/mol. The Morgan fingerprint density at radius 2 is 2.03 bits per heavy atom. The Morgan fingerprint density at radius 3 is 2.87 bits per heavy atom. The molecule has 0 amide bonds. The highest BCUT2D eigenvalue weighted by Gasteiger charge is 2.36. The van der Waals surface area contributed by atoms with Crippen molar-refractivity contribution in [1.82, 2.24) is 29.8 Å². The van der Waals surface area contributed by atoms with E-state index in [0.717, 1.165) is 34.6 Å². The van der Waals surface area contributed by atoms with E-state index in [1.54, 1.807) is 18.5 Å². The summed E-state index contributed by atoms with van der Waals surface area (Å²) < 4.78 is 21.1. The first-order chi connectivity index (χ1) is 15.2. The standard InChI is InChI=1S/C22H18FN7O/c1-13-3-2-9-30-18(13)11-17(28-30)20-19-16(24-12-25-19)8-10-29(20)22-27-26-21(31-22)14-4-6-15(23)7-5-14/h2-7,9,11-12,20H,8,10H2,1H3,(H,24,25)/t20-/m1/s1. The lowest BCUT2D eigenvalue weighted by molar-refractivity contribution is 0.503. The van der Waals surface area contributed by atoms with Crippen molar-refractivity contribution in [3.05, 3.63) is 83.5 Å². The first-order valence-corrected chi connectivity index (χ1v) is 10.0. The Kier molecular flexibility index (Phi) is 3.89. The molecular formula is C22H18FN7O. The van der Waals surface area contributed by atoms with Crippen LogP contribution in [0.3, 0.4) is 0 Å². The molecule has 9 heteroatoms. The van der Waals surface area contributed by atoms with Crippen LogP contribution in [0.5, 0.6) is 0 Å². The summed E-state index contributed by atoms with van der Waals surface area (Å²) in [6.45, 7) is 2.73. The van der Waals surface area contributed by atoms with E-state index in [0.29, 0.717) is 24.0 Å². The molecule has 5 aromatic rings. The van der Waals surface area contributed by atoms with E-state index >= 15 is 0 Å². The highest BCUT2D eigenvalue weighted by atomic mass is 19.1. The van der Waals surface area contributed by atoms with Crippen LogP contribution in [-0.4, -0.2) is 36.3 Å². The molecule has 1 aliphatic rings. The van der Waals surface area contributed by atoms with Crippen LogP contribution in [0.25, 0.3) is 17.0 Å². The van der Waals surface area contributed by atoms with Gasteiger partial charge in [-0.2, -0.15) is 5.10 Å². The van der Waals surface area contributed by atoms with Crippen LogP contribution < -0.4 is 4.90 Å². The van der Waals surface area contributed by atoms with Crippen molar-refractivity contribution in [2.75, 3.05) is 11.4 Å². The van der Waals surface area contributed by atoms with Gasteiger partial charge >= 0.3 is 6.01 Å². The van der Waals surface area contributed by atoms with Crippen molar-refractivity contribution in [3.8, 4) is 11.5 Å². The zero-order valence-electron chi connectivity index (χ0n) is 16.7. The van der Waals surface area contributed by atoms with Crippen LogP contribution in [0.15, 0.2) is 59.4 Å². The van der Waals surface area contributed by atoms with E-state index < -0.39 is 0 Å². The van der Waals surface area contributed by atoms with Gasteiger partial charge in [0.1, 0.15) is 11.9 Å². The van der Waals surface area contributed by atoms with Gasteiger partial charge in [0.05, 0.1) is 23.2 Å². The Balaban J connectivity index is 1.44. The minimum Gasteiger partial charge on any atom is -0.403 e. The normalized spacial score (nSPS) is 16.1. The molecule has 154 valence electrons. The molecule has 0 aliphatic carbocycles. The average Bonchev–Trinajstić information content (AvgIpc) is 3.52. The zero-order valence-corrected chi connectivity index (χ0v) is 16.7. The summed E-state index contributed by atoms with van der Waals surface area (Å²) in [5.41, 5.74) is 5.67. The summed E-state index contributed by atoms with van der Waals surface area (Å²) in [6.07, 6.45) is 4.41. The molecule has 0 saturated heterocycles. The molecule has 0 radical (unpaired) electrons. The van der Waals surface area contributed by atoms with Crippen molar-refractivity contribution >= 4 is 11.5 Å². The van der Waals surface area contributed by atoms with Crippen LogP contribution in [-0.2, 0) is 6.42 Å². The lowest BCUT2D eigenvalue weighted by Crippen LogP contribution is -2.36. The number of H-pyrrole nitrogens is 1. The quantitative estimate of drug-likeness (QED) is 0.483. The van der Waals surface area contributed by atoms with Crippen molar-refractivity contribution in [2.45, 2.75) is 19.4 Å². The lowest BCUT2D eigenvalue weighted by atomic mass is 10.00. The fourth-order valence-corrected chi connectivity index (χ4v) is 4.13. The predicted octanol–water partition coefficient (Wildman–Crippen LogP) is 3.71. The SMILES string of the molecule is Cc1cccn2nc([C@@H]3c4nc[nH]c4CCN3c3nnc(-c4ccc(F)cc4)o3)cc12. The van der Waals surface area contributed by atoms with E-state index in [4.69, 9.17) is 9.52 Å². The van der Waals surface area contributed by atoms with Gasteiger partial charge in [-0.25, -0.2) is 13.9 Å². The molecule has 0 unspecified atom stereocenters. The molecule has 0 saturated carbocycles. The fraction of sp³-hybridized carbons (Fsp3) is 0.182. The smallest absolute Gasteiger partial charge is 0.319 e. The van der Waals surface area contributed by atoms with E-state index in [-0.39, 0.29) is 11.9 Å². The van der Waals surface area contributed by atoms with E-state index in [9.17, 15) is 4.39 Å². The van der Waals surface area contributed by atoms with Gasteiger partial charge in [0.2, 0.25) is 5.89 Å². The van der Waals surface area contributed by atoms with Gasteiger partial charge < -0.3 is 14.3 Å². The van der Waals surface area contributed by atoms with Crippen molar-refractivity contribution in [2.24, 2.45) is 0 Å². The minimum absolute atomic E-state index is 0.268. The summed E-state index contributed by atoms with van der Waals surface area (Å²) in [5.74, 6) is 0.0280. The molecule has 1 aromatic carbocycles. The van der Waals surface area contributed by atoms with Crippen LogP contribution in [0.2, 0.25) is 0 Å². The van der Waals surface area contributed by atoms with E-state index in [2.05, 4.69) is 39.2 Å². The van der Waals surface area contributed by atoms with Gasteiger partial charge in [-0.05, 0) is 48.9 Å². The summed E-state index contributed by atoms with van der Waals surface area (Å²) >= 11 is 0. The molecule has 1 N–H and O–H groups in total. The number of fused-ring (bicyclic) bond motifs is 2. The van der Waals surface area contributed by atoms with Crippen LogP contribution in [0.1, 0.15) is 28.7 Å². The number of hydrogen-bond donors (Lipinski definition) is 1. The lowest BCUT2D eigenvalue weighted by Gasteiger charge is -2.32. The van der Waals surface area contributed by atoms with Gasteiger partial charge in [0.25, 0.3) is 0 Å². The fourth-order valence-electron chi connectivity index (χ4n) is 4.13. The third-order valence-electron chi connectivity index (χ3n) is 5.69. The minimum atomic E-state index is -0.312. The predicted molar refractivity (Wildman–Crippen MR) is 111 cm³/mol. The van der Waals surface area contributed by atoms with Crippen LogP contribution in [0.4, 0.5) is 10.4 Å². The maximum absolute atomic E-state index is 13.3. The molecule has 6 rings (SSSR count). The van der Waals surface area contributed by atoms with E-state index in [1.807, 2.05) is 21.7 Å². The number of imidazole rings is 1. The Bertz CT molecular complexity index is 1380. The molecule has 0 bridgehead atoms. The maximum atomic E-state index is 13.3. The second-order valence-electron chi connectivity index (χ2n) is 7.60. The third-order valence-corrected chi connectivity index (χ3v) is 5.69.